The van der Waals surface area contributed by atoms with E-state index in [0.29, 0.717) is 5.56 Å². The molecule has 5 aromatic rings. The Bertz CT molecular complexity index is 1500. The number of nitrogens with zero attached hydrogens (tertiary/aromatic N) is 5. The molecule has 3 aromatic carbocycles. The van der Waals surface area contributed by atoms with Gasteiger partial charge in [0.2, 0.25) is 0 Å². The Kier molecular flexibility index (Phi) is 7.75. The van der Waals surface area contributed by atoms with Crippen molar-refractivity contribution in [2.75, 3.05) is 39.8 Å². The lowest BCUT2D eigenvalue weighted by Crippen LogP contribution is -2.48. The van der Waals surface area contributed by atoms with Gasteiger partial charge in [-0.05, 0) is 28.8 Å². The number of imidazole rings is 1. The van der Waals surface area contributed by atoms with E-state index in [1.54, 1.807) is 6.20 Å². The Morgan fingerprint density at radius 1 is 0.900 bits per heavy atom. The van der Waals surface area contributed by atoms with E-state index in [1.807, 2.05) is 30.7 Å². The molecule has 0 radical (unpaired) electrons. The number of hydrogen-bond donors (Lipinski definition) is 0. The molecule has 0 spiro atoms. The predicted molar refractivity (Wildman–Crippen MR) is 157 cm³/mol. The molecule has 0 saturated carbocycles. The van der Waals surface area contributed by atoms with Gasteiger partial charge in [-0.3, -0.25) is 9.80 Å². The third kappa shape index (κ3) is 5.57. The number of ether oxygens (including phenoxy) is 1. The first-order valence-electron chi connectivity index (χ1n) is 13.9. The molecule has 1 aliphatic rings. The fourth-order valence-corrected chi connectivity index (χ4v) is 5.88. The largest absolute Gasteiger partial charge is 0.465 e. The van der Waals surface area contributed by atoms with Crippen molar-refractivity contribution in [2.45, 2.75) is 19.1 Å². The zero-order chi connectivity index (χ0) is 27.3. The monoisotopic (exact) mass is 533 g/mol. The fourth-order valence-electron chi connectivity index (χ4n) is 5.88. The summed E-state index contributed by atoms with van der Waals surface area (Å²) in [6.45, 7) is 6.60. The van der Waals surface area contributed by atoms with E-state index in [-0.39, 0.29) is 12.0 Å². The third-order valence-electron chi connectivity index (χ3n) is 7.96. The van der Waals surface area contributed by atoms with Crippen molar-refractivity contribution in [3.63, 3.8) is 0 Å². The van der Waals surface area contributed by atoms with Crippen LogP contribution in [0.1, 0.15) is 33.1 Å². The number of piperazine rings is 1. The standard InChI is InChI=1S/C33H35N5O2/c1-40-33(39)28-12-13-30-29(23-36-15-14-34-25-36)24-38(31(30)22-28)21-18-35-16-19-37(20-17-35)32(26-8-4-2-5-9-26)27-10-6-3-7-11-27/h2-15,22,24-25,32H,16-21,23H2,1H3. The summed E-state index contributed by atoms with van der Waals surface area (Å²) in [7, 11) is 1.43. The van der Waals surface area contributed by atoms with Gasteiger partial charge in [0, 0.05) is 68.8 Å². The summed E-state index contributed by atoms with van der Waals surface area (Å²) in [5.41, 5.74) is 5.53. The molecule has 0 bridgehead atoms. The number of rotatable bonds is 9. The van der Waals surface area contributed by atoms with Gasteiger partial charge < -0.3 is 13.9 Å². The number of carbonyl (C=O) groups is 1. The lowest BCUT2D eigenvalue weighted by Gasteiger charge is -2.40. The van der Waals surface area contributed by atoms with Crippen LogP contribution in [0.3, 0.4) is 0 Å². The highest BCUT2D eigenvalue weighted by Crippen LogP contribution is 2.30. The summed E-state index contributed by atoms with van der Waals surface area (Å²) in [6, 6.07) is 27.8. The maximum Gasteiger partial charge on any atom is 0.337 e. The van der Waals surface area contributed by atoms with Crippen LogP contribution in [-0.2, 0) is 17.8 Å². The van der Waals surface area contributed by atoms with E-state index in [0.717, 1.165) is 56.7 Å². The van der Waals surface area contributed by atoms with Crippen LogP contribution in [0.4, 0.5) is 0 Å². The predicted octanol–water partition coefficient (Wildman–Crippen LogP) is 5.08. The number of carbonyl (C=O) groups excluding carboxylic acids is 1. The summed E-state index contributed by atoms with van der Waals surface area (Å²) in [4.78, 5) is 21.6. The van der Waals surface area contributed by atoms with E-state index < -0.39 is 0 Å². The molecule has 0 aliphatic carbocycles. The van der Waals surface area contributed by atoms with Crippen molar-refractivity contribution in [1.82, 2.24) is 23.9 Å². The van der Waals surface area contributed by atoms with Gasteiger partial charge in [-0.25, -0.2) is 9.78 Å². The van der Waals surface area contributed by atoms with E-state index in [4.69, 9.17) is 4.74 Å². The molecule has 204 valence electrons. The molecular formula is C33H35N5O2. The van der Waals surface area contributed by atoms with Crippen LogP contribution < -0.4 is 0 Å². The zero-order valence-electron chi connectivity index (χ0n) is 22.9. The lowest BCUT2D eigenvalue weighted by molar-refractivity contribution is 0.0601. The fraction of sp³-hybridized carbons (Fsp3) is 0.273. The number of methoxy groups -OCH3 is 1. The quantitative estimate of drug-likeness (QED) is 0.247. The second kappa shape index (κ2) is 11.9. The molecule has 0 unspecified atom stereocenters. The zero-order valence-corrected chi connectivity index (χ0v) is 22.9. The van der Waals surface area contributed by atoms with Gasteiger partial charge in [0.05, 0.1) is 31.6 Å². The molecule has 7 heteroatoms. The molecule has 3 heterocycles. The molecule has 1 saturated heterocycles. The maximum absolute atomic E-state index is 12.3. The minimum Gasteiger partial charge on any atom is -0.465 e. The first-order valence-corrected chi connectivity index (χ1v) is 13.9. The van der Waals surface area contributed by atoms with Gasteiger partial charge in [-0.15, -0.1) is 0 Å². The van der Waals surface area contributed by atoms with Gasteiger partial charge in [0.15, 0.2) is 0 Å². The highest BCUT2D eigenvalue weighted by Gasteiger charge is 2.26. The van der Waals surface area contributed by atoms with Gasteiger partial charge in [-0.1, -0.05) is 66.7 Å². The van der Waals surface area contributed by atoms with Crippen LogP contribution in [0.25, 0.3) is 10.9 Å². The minimum atomic E-state index is -0.312. The number of benzene rings is 3. The van der Waals surface area contributed by atoms with Crippen molar-refractivity contribution in [3.05, 3.63) is 126 Å². The van der Waals surface area contributed by atoms with Gasteiger partial charge in [-0.2, -0.15) is 0 Å². The van der Waals surface area contributed by atoms with E-state index in [1.165, 1.54) is 23.8 Å². The Hall–Kier alpha value is -4.20. The first kappa shape index (κ1) is 26.0. The van der Waals surface area contributed by atoms with Crippen LogP contribution in [0.5, 0.6) is 0 Å². The molecule has 1 aliphatic heterocycles. The summed E-state index contributed by atoms with van der Waals surface area (Å²) in [5.74, 6) is -0.312. The van der Waals surface area contributed by atoms with Gasteiger partial charge >= 0.3 is 5.97 Å². The topological polar surface area (TPSA) is 55.5 Å². The summed E-state index contributed by atoms with van der Waals surface area (Å²) >= 11 is 0. The third-order valence-corrected chi connectivity index (χ3v) is 7.96. The number of hydrogen-bond acceptors (Lipinski definition) is 5. The van der Waals surface area contributed by atoms with Crippen LogP contribution in [0.15, 0.2) is 104 Å². The van der Waals surface area contributed by atoms with E-state index in [2.05, 4.69) is 90.8 Å². The van der Waals surface area contributed by atoms with Gasteiger partial charge in [0.25, 0.3) is 0 Å². The van der Waals surface area contributed by atoms with Crippen LogP contribution in [-0.4, -0.2) is 69.7 Å². The van der Waals surface area contributed by atoms with Crippen LogP contribution in [0, 0.1) is 0 Å². The Morgan fingerprint density at radius 2 is 1.60 bits per heavy atom. The first-order chi connectivity index (χ1) is 19.7. The average molecular weight is 534 g/mol. The Balaban J connectivity index is 1.17. The molecule has 7 nitrogen and oxygen atoms in total. The van der Waals surface area contributed by atoms with Crippen molar-refractivity contribution in [2.24, 2.45) is 0 Å². The molecule has 0 atom stereocenters. The lowest BCUT2D eigenvalue weighted by atomic mass is 9.96. The van der Waals surface area contributed by atoms with Gasteiger partial charge in [0.1, 0.15) is 0 Å². The van der Waals surface area contributed by atoms with Crippen molar-refractivity contribution >= 4 is 16.9 Å². The normalized spacial score (nSPS) is 14.7. The molecule has 0 N–H and O–H groups in total. The summed E-state index contributed by atoms with van der Waals surface area (Å²) < 4.78 is 9.35. The van der Waals surface area contributed by atoms with Crippen LogP contribution in [0.2, 0.25) is 0 Å². The van der Waals surface area contributed by atoms with Crippen molar-refractivity contribution in [1.29, 1.82) is 0 Å². The molecule has 6 rings (SSSR count). The Labute approximate surface area is 235 Å². The van der Waals surface area contributed by atoms with Crippen molar-refractivity contribution in [3.8, 4) is 0 Å². The minimum absolute atomic E-state index is 0.264. The molecule has 0 amide bonds. The van der Waals surface area contributed by atoms with Crippen molar-refractivity contribution < 1.29 is 9.53 Å². The smallest absolute Gasteiger partial charge is 0.337 e. The molecular weight excluding hydrogens is 498 g/mol. The second-order valence-corrected chi connectivity index (χ2v) is 10.4. The SMILES string of the molecule is COC(=O)c1ccc2c(Cn3ccnc3)cn(CCN3CCN(C(c4ccccc4)c4ccccc4)CC3)c2c1. The van der Waals surface area contributed by atoms with E-state index >= 15 is 0 Å². The molecule has 1 fully saturated rings. The van der Waals surface area contributed by atoms with E-state index in [9.17, 15) is 4.79 Å². The maximum atomic E-state index is 12.3. The number of fused-ring (bicyclic) bond motifs is 1. The highest BCUT2D eigenvalue weighted by molar-refractivity contribution is 5.95. The highest BCUT2D eigenvalue weighted by atomic mass is 16.5. The molecule has 40 heavy (non-hydrogen) atoms. The summed E-state index contributed by atoms with van der Waals surface area (Å²) in [5, 5.41) is 1.15. The average Bonchev–Trinajstić information content (AvgIpc) is 3.65. The Morgan fingerprint density at radius 3 is 2.23 bits per heavy atom. The number of esters is 1. The number of aromatic nitrogens is 3. The summed E-state index contributed by atoms with van der Waals surface area (Å²) in [6.07, 6.45) is 7.84. The molecule has 2 aromatic heterocycles. The second-order valence-electron chi connectivity index (χ2n) is 10.4. The van der Waals surface area contributed by atoms with Crippen LogP contribution >= 0.6 is 0 Å².